The Kier molecular flexibility index (Phi) is 7.17. The Bertz CT molecular complexity index is 998. The van der Waals surface area contributed by atoms with Crippen molar-refractivity contribution in [1.29, 1.82) is 0 Å². The lowest BCUT2D eigenvalue weighted by Gasteiger charge is -2.25. The van der Waals surface area contributed by atoms with Crippen LogP contribution in [0.15, 0.2) is 47.5 Å². The number of hydrogen-bond donors (Lipinski definition) is 0. The first kappa shape index (κ1) is 21.9. The van der Waals surface area contributed by atoms with Crippen LogP contribution in [0.4, 0.5) is 0 Å². The lowest BCUT2D eigenvalue weighted by atomic mass is 10.1. The van der Waals surface area contributed by atoms with Crippen molar-refractivity contribution < 1.29 is 27.5 Å². The fourth-order valence-corrected chi connectivity index (χ4v) is 4.67. The zero-order valence-corrected chi connectivity index (χ0v) is 17.6. The third-order valence-electron chi connectivity index (χ3n) is 4.74. The lowest BCUT2D eigenvalue weighted by Crippen LogP contribution is -2.35. The molecule has 3 rings (SSSR count). The number of nitrogens with zero attached hydrogens (tertiary/aromatic N) is 2. The van der Waals surface area contributed by atoms with Crippen LogP contribution in [0.5, 0.6) is 5.88 Å². The Labute approximate surface area is 175 Å². The molecule has 8 nitrogen and oxygen atoms in total. The molecule has 0 atom stereocenters. The summed E-state index contributed by atoms with van der Waals surface area (Å²) in [7, 11) is -3.56. The molecular formula is C21H24N2O6S. The van der Waals surface area contributed by atoms with Gasteiger partial charge in [-0.15, -0.1) is 0 Å². The minimum atomic E-state index is -3.56. The molecule has 0 N–H and O–H groups in total. The van der Waals surface area contributed by atoms with Crippen LogP contribution < -0.4 is 4.74 Å². The molecule has 1 aliphatic heterocycles. The van der Waals surface area contributed by atoms with Gasteiger partial charge in [-0.25, -0.2) is 18.2 Å². The second-order valence-electron chi connectivity index (χ2n) is 6.78. The summed E-state index contributed by atoms with van der Waals surface area (Å²) < 4.78 is 37.2. The number of sulfonamides is 1. The smallest absolute Gasteiger partial charge is 0.344 e. The third kappa shape index (κ3) is 5.03. The molecule has 0 saturated carbocycles. The number of benzene rings is 1. The molecule has 0 spiro atoms. The molecule has 1 fully saturated rings. The van der Waals surface area contributed by atoms with E-state index in [0.29, 0.717) is 19.7 Å². The number of rotatable bonds is 8. The Morgan fingerprint density at radius 2 is 1.77 bits per heavy atom. The van der Waals surface area contributed by atoms with E-state index in [1.54, 1.807) is 13.0 Å². The van der Waals surface area contributed by atoms with Gasteiger partial charge in [0.1, 0.15) is 5.56 Å². The van der Waals surface area contributed by atoms with E-state index in [0.717, 1.165) is 19.3 Å². The summed E-state index contributed by atoms with van der Waals surface area (Å²) in [6, 6.07) is 8.76. The Morgan fingerprint density at radius 1 is 1.07 bits per heavy atom. The summed E-state index contributed by atoms with van der Waals surface area (Å²) in [6.45, 7) is 2.65. The molecule has 1 aliphatic rings. The van der Waals surface area contributed by atoms with Gasteiger partial charge in [-0.05, 0) is 56.2 Å². The van der Waals surface area contributed by atoms with Crippen LogP contribution >= 0.6 is 0 Å². The Morgan fingerprint density at radius 3 is 2.43 bits per heavy atom. The summed E-state index contributed by atoms with van der Waals surface area (Å²) in [5, 5.41) is 0. The third-order valence-corrected chi connectivity index (χ3v) is 6.65. The van der Waals surface area contributed by atoms with Gasteiger partial charge in [-0.1, -0.05) is 6.42 Å². The SMILES string of the molecule is CCOc1ncccc1C(=O)OCC(=O)c1ccc(S(=O)(=O)N2CCCCC2)cc1. The van der Waals surface area contributed by atoms with Gasteiger partial charge < -0.3 is 9.47 Å². The molecule has 2 heterocycles. The van der Waals surface area contributed by atoms with Gasteiger partial charge >= 0.3 is 5.97 Å². The molecule has 0 radical (unpaired) electrons. The van der Waals surface area contributed by atoms with E-state index in [-0.39, 0.29) is 21.9 Å². The molecule has 0 bridgehead atoms. The summed E-state index contributed by atoms with van der Waals surface area (Å²) >= 11 is 0. The first-order valence-corrected chi connectivity index (χ1v) is 11.3. The van der Waals surface area contributed by atoms with Crippen molar-refractivity contribution in [1.82, 2.24) is 9.29 Å². The highest BCUT2D eigenvalue weighted by Gasteiger charge is 2.26. The van der Waals surface area contributed by atoms with Crippen LogP contribution in [0.3, 0.4) is 0 Å². The van der Waals surface area contributed by atoms with E-state index >= 15 is 0 Å². The van der Waals surface area contributed by atoms with Gasteiger partial charge in [0.15, 0.2) is 12.4 Å². The van der Waals surface area contributed by atoms with Crippen molar-refractivity contribution in [3.63, 3.8) is 0 Å². The van der Waals surface area contributed by atoms with E-state index in [1.807, 2.05) is 0 Å². The van der Waals surface area contributed by atoms with Crippen LogP contribution in [0, 0.1) is 0 Å². The molecule has 9 heteroatoms. The number of esters is 1. The summed E-state index contributed by atoms with van der Waals surface area (Å²) in [5.41, 5.74) is 0.395. The molecule has 0 unspecified atom stereocenters. The highest BCUT2D eigenvalue weighted by Crippen LogP contribution is 2.21. The highest BCUT2D eigenvalue weighted by molar-refractivity contribution is 7.89. The second-order valence-corrected chi connectivity index (χ2v) is 8.72. The van der Waals surface area contributed by atoms with Crippen molar-refractivity contribution in [2.45, 2.75) is 31.1 Å². The van der Waals surface area contributed by atoms with E-state index < -0.39 is 28.4 Å². The largest absolute Gasteiger partial charge is 0.477 e. The molecule has 0 aliphatic carbocycles. The van der Waals surface area contributed by atoms with E-state index in [1.165, 1.54) is 40.8 Å². The van der Waals surface area contributed by atoms with Gasteiger partial charge in [-0.3, -0.25) is 4.79 Å². The minimum Gasteiger partial charge on any atom is -0.477 e. The maximum atomic E-state index is 12.7. The van der Waals surface area contributed by atoms with Crippen LogP contribution in [0.1, 0.15) is 46.9 Å². The maximum Gasteiger partial charge on any atom is 0.344 e. The predicted molar refractivity (Wildman–Crippen MR) is 109 cm³/mol. The zero-order chi connectivity index (χ0) is 21.6. The number of ether oxygens (including phenoxy) is 2. The predicted octanol–water partition coefficient (Wildman–Crippen LogP) is 2.69. The fraction of sp³-hybridized carbons (Fsp3) is 0.381. The molecule has 160 valence electrons. The molecule has 1 saturated heterocycles. The molecule has 30 heavy (non-hydrogen) atoms. The molecule has 1 aromatic carbocycles. The molecular weight excluding hydrogens is 408 g/mol. The number of Topliss-reactive ketones (excluding diaryl/α,β-unsaturated/α-hetero) is 1. The van der Waals surface area contributed by atoms with E-state index in [9.17, 15) is 18.0 Å². The number of pyridine rings is 1. The van der Waals surface area contributed by atoms with Crippen LogP contribution in [-0.4, -0.2) is 55.8 Å². The van der Waals surface area contributed by atoms with Crippen molar-refractivity contribution in [3.05, 3.63) is 53.7 Å². The van der Waals surface area contributed by atoms with Crippen molar-refractivity contribution >= 4 is 21.8 Å². The summed E-state index contributed by atoms with van der Waals surface area (Å²) in [4.78, 5) is 28.8. The van der Waals surface area contributed by atoms with E-state index in [2.05, 4.69) is 4.98 Å². The van der Waals surface area contributed by atoms with Crippen LogP contribution in [0.25, 0.3) is 0 Å². The van der Waals surface area contributed by atoms with Gasteiger partial charge in [0.25, 0.3) is 0 Å². The van der Waals surface area contributed by atoms with E-state index in [4.69, 9.17) is 9.47 Å². The van der Waals surface area contributed by atoms with Crippen LogP contribution in [0.2, 0.25) is 0 Å². The molecule has 2 aromatic rings. The first-order chi connectivity index (χ1) is 14.4. The molecule has 1 aromatic heterocycles. The van der Waals surface area contributed by atoms with Crippen LogP contribution in [-0.2, 0) is 14.8 Å². The minimum absolute atomic E-state index is 0.134. The number of hydrogen-bond acceptors (Lipinski definition) is 7. The zero-order valence-electron chi connectivity index (χ0n) is 16.7. The average molecular weight is 432 g/mol. The van der Waals surface area contributed by atoms with Gasteiger partial charge in [-0.2, -0.15) is 4.31 Å². The summed E-state index contributed by atoms with van der Waals surface area (Å²) in [6.07, 6.45) is 4.22. The number of aromatic nitrogens is 1. The normalized spacial score (nSPS) is 14.8. The Balaban J connectivity index is 1.63. The number of ketones is 1. The van der Waals surface area contributed by atoms with Crippen molar-refractivity contribution in [2.75, 3.05) is 26.3 Å². The monoisotopic (exact) mass is 432 g/mol. The fourth-order valence-electron chi connectivity index (χ4n) is 3.16. The van der Waals surface area contributed by atoms with Gasteiger partial charge in [0.2, 0.25) is 15.9 Å². The standard InChI is InChI=1S/C21H24N2O6S/c1-2-28-20-18(7-6-12-22-20)21(25)29-15-19(24)16-8-10-17(11-9-16)30(26,27)23-13-4-3-5-14-23/h6-12H,2-5,13-15H2,1H3. The average Bonchev–Trinajstić information content (AvgIpc) is 2.78. The van der Waals surface area contributed by atoms with Gasteiger partial charge in [0.05, 0.1) is 11.5 Å². The topological polar surface area (TPSA) is 103 Å². The van der Waals surface area contributed by atoms with Crippen molar-refractivity contribution in [2.24, 2.45) is 0 Å². The first-order valence-electron chi connectivity index (χ1n) is 9.82. The number of piperidine rings is 1. The van der Waals surface area contributed by atoms with Crippen molar-refractivity contribution in [3.8, 4) is 5.88 Å². The highest BCUT2D eigenvalue weighted by atomic mass is 32.2. The quantitative estimate of drug-likeness (QED) is 0.467. The van der Waals surface area contributed by atoms with Gasteiger partial charge in [0, 0.05) is 24.8 Å². The maximum absolute atomic E-state index is 12.7. The Hall–Kier alpha value is -2.78. The second kappa shape index (κ2) is 9.82. The number of carbonyl (C=O) groups is 2. The molecule has 0 amide bonds. The summed E-state index contributed by atoms with van der Waals surface area (Å²) in [5.74, 6) is -1.01. The lowest BCUT2D eigenvalue weighted by molar-refractivity contribution is 0.0470. The number of carbonyl (C=O) groups excluding carboxylic acids is 2.